The second-order valence-electron chi connectivity index (χ2n) is 9.22. The lowest BCUT2D eigenvalue weighted by atomic mass is 10.00. The lowest BCUT2D eigenvalue weighted by molar-refractivity contribution is 0.255. The third-order valence-electron chi connectivity index (χ3n) is 6.05. The zero-order valence-electron chi connectivity index (χ0n) is 22.2. The van der Waals surface area contributed by atoms with Crippen LogP contribution < -0.4 is 20.1 Å². The van der Waals surface area contributed by atoms with Gasteiger partial charge in [0.25, 0.3) is 20.0 Å². The molecule has 0 aliphatic carbocycles. The van der Waals surface area contributed by atoms with Crippen LogP contribution in [-0.4, -0.2) is 28.9 Å². The monoisotopic (exact) mass is 592 g/mol. The van der Waals surface area contributed by atoms with Crippen molar-refractivity contribution >= 4 is 43.5 Å². The van der Waals surface area contributed by atoms with Crippen LogP contribution in [0, 0.1) is 13.8 Å². The molecular weight excluding hydrogens is 564 g/mol. The molecule has 0 aromatic heterocycles. The van der Waals surface area contributed by atoms with E-state index in [9.17, 15) is 26.4 Å². The van der Waals surface area contributed by atoms with Gasteiger partial charge in [-0.3, -0.25) is 0 Å². The van der Waals surface area contributed by atoms with E-state index in [1.807, 2.05) is 33.7 Å². The molecule has 4 rings (SSSR count). The molecule has 41 heavy (non-hydrogen) atoms. The normalized spacial score (nSPS) is 11.4. The smallest absolute Gasteiger partial charge is 0.307 e. The Bertz CT molecular complexity index is 1660. The predicted octanol–water partition coefficient (Wildman–Crippen LogP) is 4.92. The van der Waals surface area contributed by atoms with Crippen molar-refractivity contribution in [3.05, 3.63) is 119 Å². The number of nitrogens with one attached hydrogen (secondary N) is 4. The Hall–Kier alpha value is -4.68. The third kappa shape index (κ3) is 7.71. The topological polar surface area (TPSA) is 151 Å². The van der Waals surface area contributed by atoms with Gasteiger partial charge in [0.1, 0.15) is 0 Å². The molecule has 4 aromatic rings. The molecule has 0 radical (unpaired) electrons. The van der Waals surface area contributed by atoms with Crippen molar-refractivity contribution in [2.24, 2.45) is 0 Å². The zero-order valence-corrected chi connectivity index (χ0v) is 23.8. The Morgan fingerprint density at radius 2 is 0.927 bits per heavy atom. The summed E-state index contributed by atoms with van der Waals surface area (Å²) in [6, 6.07) is 24.2. The molecule has 0 bridgehead atoms. The minimum Gasteiger partial charge on any atom is -0.307 e. The molecule has 0 saturated heterocycles. The van der Waals surface area contributed by atoms with Crippen LogP contribution in [-0.2, 0) is 26.5 Å². The average molecular weight is 593 g/mol. The SMILES string of the molecule is Cc1cc(Cc2ccc(NC(=O)NS(=O)(=O)c3ccccc3)c(C)c2)ccc1NC(=O)NS(=O)(=O)c1ccccc1. The molecule has 4 amide bonds. The van der Waals surface area contributed by atoms with E-state index >= 15 is 0 Å². The van der Waals surface area contributed by atoms with Crippen molar-refractivity contribution in [2.75, 3.05) is 10.6 Å². The molecule has 0 saturated carbocycles. The molecule has 4 aromatic carbocycles. The minimum atomic E-state index is -4.00. The minimum absolute atomic E-state index is 0.0171. The summed E-state index contributed by atoms with van der Waals surface area (Å²) in [6.07, 6.45) is 0.547. The highest BCUT2D eigenvalue weighted by molar-refractivity contribution is 7.90. The second-order valence-corrected chi connectivity index (χ2v) is 12.6. The number of sulfonamides is 2. The Morgan fingerprint density at radius 3 is 1.27 bits per heavy atom. The van der Waals surface area contributed by atoms with Crippen molar-refractivity contribution in [3.8, 4) is 0 Å². The number of aryl methyl sites for hydroxylation is 2. The van der Waals surface area contributed by atoms with E-state index < -0.39 is 32.1 Å². The van der Waals surface area contributed by atoms with Gasteiger partial charge in [-0.15, -0.1) is 0 Å². The largest absolute Gasteiger partial charge is 0.333 e. The lowest BCUT2D eigenvalue weighted by Crippen LogP contribution is -2.34. The highest BCUT2D eigenvalue weighted by atomic mass is 32.2. The van der Waals surface area contributed by atoms with E-state index in [2.05, 4.69) is 10.6 Å². The average Bonchev–Trinajstić information content (AvgIpc) is 2.92. The maximum atomic E-state index is 12.4. The molecule has 0 unspecified atom stereocenters. The van der Waals surface area contributed by atoms with Crippen LogP contribution in [0.1, 0.15) is 22.3 Å². The van der Waals surface area contributed by atoms with Gasteiger partial charge in [-0.1, -0.05) is 60.7 Å². The van der Waals surface area contributed by atoms with Crippen LogP contribution in [0.25, 0.3) is 0 Å². The quantitative estimate of drug-likeness (QED) is 0.228. The first-order chi connectivity index (χ1) is 19.4. The number of benzene rings is 4. The number of amides is 4. The molecule has 0 atom stereocenters. The molecule has 0 spiro atoms. The summed E-state index contributed by atoms with van der Waals surface area (Å²) >= 11 is 0. The van der Waals surface area contributed by atoms with Crippen molar-refractivity contribution in [1.82, 2.24) is 9.44 Å². The van der Waals surface area contributed by atoms with Gasteiger partial charge in [-0.05, 0) is 78.9 Å². The fourth-order valence-corrected chi connectivity index (χ4v) is 5.90. The molecule has 0 heterocycles. The van der Waals surface area contributed by atoms with Gasteiger partial charge in [0.05, 0.1) is 9.79 Å². The van der Waals surface area contributed by atoms with Gasteiger partial charge in [0.15, 0.2) is 0 Å². The number of rotatable bonds is 8. The standard InChI is InChI=1S/C29H28N4O6S2/c1-20-17-22(13-15-26(20)30-28(34)32-40(36,37)24-9-5-3-6-10-24)19-23-14-16-27(21(2)18-23)31-29(35)33-41(38,39)25-11-7-4-8-12-25/h3-18H,19H2,1-2H3,(H2,30,32,34)(H2,31,33,35). The van der Waals surface area contributed by atoms with Crippen LogP contribution in [0.3, 0.4) is 0 Å². The Morgan fingerprint density at radius 1 is 0.561 bits per heavy atom. The van der Waals surface area contributed by atoms with Gasteiger partial charge >= 0.3 is 12.1 Å². The van der Waals surface area contributed by atoms with Gasteiger partial charge in [0, 0.05) is 11.4 Å². The summed E-state index contributed by atoms with van der Waals surface area (Å²) in [5.74, 6) is 0. The van der Waals surface area contributed by atoms with Crippen molar-refractivity contribution in [3.63, 3.8) is 0 Å². The summed E-state index contributed by atoms with van der Waals surface area (Å²) in [7, 11) is -8.00. The number of urea groups is 2. The molecule has 0 aliphatic rings. The van der Waals surface area contributed by atoms with Crippen LogP contribution in [0.15, 0.2) is 107 Å². The van der Waals surface area contributed by atoms with Crippen LogP contribution in [0.4, 0.5) is 21.0 Å². The number of carbonyl (C=O) groups is 2. The van der Waals surface area contributed by atoms with Crippen molar-refractivity contribution in [1.29, 1.82) is 0 Å². The Balaban J connectivity index is 1.36. The van der Waals surface area contributed by atoms with E-state index in [4.69, 9.17) is 0 Å². The van der Waals surface area contributed by atoms with Crippen LogP contribution >= 0.6 is 0 Å². The van der Waals surface area contributed by atoms with Gasteiger partial charge < -0.3 is 10.6 Å². The van der Waals surface area contributed by atoms with Gasteiger partial charge in [-0.2, -0.15) is 0 Å². The Kier molecular flexibility index (Phi) is 8.74. The fraction of sp³-hybridized carbons (Fsp3) is 0.103. The second kappa shape index (κ2) is 12.2. The summed E-state index contributed by atoms with van der Waals surface area (Å²) in [4.78, 5) is 24.7. The molecular formula is C29H28N4O6S2. The van der Waals surface area contributed by atoms with E-state index in [0.717, 1.165) is 22.3 Å². The summed E-state index contributed by atoms with van der Waals surface area (Å²) < 4.78 is 53.5. The highest BCUT2D eigenvalue weighted by Crippen LogP contribution is 2.22. The van der Waals surface area contributed by atoms with Crippen molar-refractivity contribution < 1.29 is 26.4 Å². The van der Waals surface area contributed by atoms with Crippen LogP contribution in [0.5, 0.6) is 0 Å². The van der Waals surface area contributed by atoms with Gasteiger partial charge in [0.2, 0.25) is 0 Å². The molecule has 12 heteroatoms. The van der Waals surface area contributed by atoms with Gasteiger partial charge in [-0.25, -0.2) is 35.9 Å². The first kappa shape index (κ1) is 29.3. The van der Waals surface area contributed by atoms with E-state index in [-0.39, 0.29) is 9.79 Å². The summed E-state index contributed by atoms with van der Waals surface area (Å²) in [5, 5.41) is 5.14. The molecule has 212 valence electrons. The number of carbonyl (C=O) groups excluding carboxylic acids is 2. The lowest BCUT2D eigenvalue weighted by Gasteiger charge is -2.13. The predicted molar refractivity (Wildman–Crippen MR) is 157 cm³/mol. The zero-order chi connectivity index (χ0) is 29.6. The van der Waals surface area contributed by atoms with E-state index in [1.54, 1.807) is 62.4 Å². The first-order valence-electron chi connectivity index (χ1n) is 12.4. The first-order valence-corrected chi connectivity index (χ1v) is 15.4. The number of hydrogen-bond acceptors (Lipinski definition) is 6. The summed E-state index contributed by atoms with van der Waals surface area (Å²) in [6.45, 7) is 3.59. The summed E-state index contributed by atoms with van der Waals surface area (Å²) in [5.41, 5.74) is 4.28. The van der Waals surface area contributed by atoms with Crippen LogP contribution in [0.2, 0.25) is 0 Å². The molecule has 10 nitrogen and oxygen atoms in total. The Labute approximate surface area is 238 Å². The molecule has 0 fully saturated rings. The number of hydrogen-bond donors (Lipinski definition) is 4. The highest BCUT2D eigenvalue weighted by Gasteiger charge is 2.19. The number of anilines is 2. The van der Waals surface area contributed by atoms with E-state index in [0.29, 0.717) is 17.8 Å². The molecule has 4 N–H and O–H groups in total. The maximum absolute atomic E-state index is 12.4. The maximum Gasteiger partial charge on any atom is 0.333 e. The third-order valence-corrected chi connectivity index (χ3v) is 8.74. The fourth-order valence-electron chi connectivity index (χ4n) is 4.04. The molecule has 0 aliphatic heterocycles. The van der Waals surface area contributed by atoms with Crippen molar-refractivity contribution in [2.45, 2.75) is 30.1 Å². The van der Waals surface area contributed by atoms with E-state index in [1.165, 1.54) is 24.3 Å².